The standard InChI is InChI=1S/C27H30N4O6/c1-17-12-18(14-28)13-22-24(17)36-25(30-22)19-4-6-20(7-5-19)29-23(33)15-35-21-8-10-31(11-9-21)26(34)37-27(2,3)16-32/h4-7,12-13,21,32H,8-11,15-16H2,1-3H3,(H,29,33). The molecule has 1 saturated heterocycles. The zero-order valence-corrected chi connectivity index (χ0v) is 21.1. The number of nitriles is 1. The second-order valence-electron chi connectivity index (χ2n) is 9.68. The van der Waals surface area contributed by atoms with Gasteiger partial charge < -0.3 is 29.2 Å². The number of amides is 2. The number of carbonyl (C=O) groups is 2. The third-order valence-corrected chi connectivity index (χ3v) is 6.12. The fourth-order valence-corrected chi connectivity index (χ4v) is 4.01. The second-order valence-corrected chi connectivity index (χ2v) is 9.68. The maximum absolute atomic E-state index is 12.4. The lowest BCUT2D eigenvalue weighted by molar-refractivity contribution is -0.123. The fourth-order valence-electron chi connectivity index (χ4n) is 4.01. The topological polar surface area (TPSA) is 138 Å². The number of nitrogens with zero attached hydrogens (tertiary/aromatic N) is 3. The van der Waals surface area contributed by atoms with Crippen LogP contribution in [0.2, 0.25) is 0 Å². The van der Waals surface area contributed by atoms with Crippen molar-refractivity contribution in [3.05, 3.63) is 47.5 Å². The zero-order chi connectivity index (χ0) is 26.6. The Hall–Kier alpha value is -3.94. The van der Waals surface area contributed by atoms with Gasteiger partial charge in [-0.1, -0.05) is 0 Å². The number of hydrogen-bond donors (Lipinski definition) is 2. The molecule has 194 valence electrons. The SMILES string of the molecule is Cc1cc(C#N)cc2nc(-c3ccc(NC(=O)COC4CCN(C(=O)OC(C)(C)CO)CC4)cc3)oc12. The lowest BCUT2D eigenvalue weighted by atomic mass is 10.1. The maximum Gasteiger partial charge on any atom is 0.410 e. The Bertz CT molecular complexity index is 1320. The number of likely N-dealkylation sites (tertiary alicyclic amines) is 1. The molecule has 0 aliphatic carbocycles. The van der Waals surface area contributed by atoms with Crippen LogP contribution < -0.4 is 5.32 Å². The van der Waals surface area contributed by atoms with Crippen molar-refractivity contribution in [1.82, 2.24) is 9.88 Å². The van der Waals surface area contributed by atoms with Gasteiger partial charge in [0.25, 0.3) is 0 Å². The first-order valence-corrected chi connectivity index (χ1v) is 12.1. The van der Waals surface area contributed by atoms with Gasteiger partial charge in [-0.15, -0.1) is 0 Å². The monoisotopic (exact) mass is 506 g/mol. The van der Waals surface area contributed by atoms with Gasteiger partial charge in [0.2, 0.25) is 11.8 Å². The Morgan fingerprint density at radius 3 is 2.59 bits per heavy atom. The molecule has 0 atom stereocenters. The zero-order valence-electron chi connectivity index (χ0n) is 21.1. The van der Waals surface area contributed by atoms with E-state index in [1.54, 1.807) is 55.1 Å². The molecule has 2 amide bonds. The molecular formula is C27H30N4O6. The molecular weight excluding hydrogens is 476 g/mol. The molecule has 0 saturated carbocycles. The third-order valence-electron chi connectivity index (χ3n) is 6.12. The number of oxazole rings is 1. The number of nitrogens with one attached hydrogen (secondary N) is 1. The van der Waals surface area contributed by atoms with Crippen LogP contribution >= 0.6 is 0 Å². The quantitative estimate of drug-likeness (QED) is 0.490. The summed E-state index contributed by atoms with van der Waals surface area (Å²) < 4.78 is 16.9. The van der Waals surface area contributed by atoms with Crippen molar-refractivity contribution in [2.24, 2.45) is 0 Å². The number of carbonyl (C=O) groups excluding carboxylic acids is 2. The Kier molecular flexibility index (Phi) is 7.76. The van der Waals surface area contributed by atoms with Crippen LogP contribution in [0.25, 0.3) is 22.6 Å². The smallest absolute Gasteiger partial charge is 0.410 e. The summed E-state index contributed by atoms with van der Waals surface area (Å²) in [5.74, 6) is 0.158. The summed E-state index contributed by atoms with van der Waals surface area (Å²) in [5, 5.41) is 21.2. The van der Waals surface area contributed by atoms with Crippen molar-refractivity contribution < 1.29 is 28.6 Å². The minimum atomic E-state index is -0.926. The molecule has 4 rings (SSSR count). The number of benzene rings is 2. The molecule has 0 spiro atoms. The first-order chi connectivity index (χ1) is 17.7. The first kappa shape index (κ1) is 26.1. The van der Waals surface area contributed by atoms with Gasteiger partial charge in [0.1, 0.15) is 17.7 Å². The third kappa shape index (κ3) is 6.44. The van der Waals surface area contributed by atoms with Crippen LogP contribution in [-0.2, 0) is 14.3 Å². The average Bonchev–Trinajstić information content (AvgIpc) is 3.33. The molecule has 10 heteroatoms. The molecule has 0 unspecified atom stereocenters. The van der Waals surface area contributed by atoms with Gasteiger partial charge in [-0.05, 0) is 75.6 Å². The van der Waals surface area contributed by atoms with Crippen LogP contribution in [0.15, 0.2) is 40.8 Å². The number of piperidine rings is 1. The van der Waals surface area contributed by atoms with Crippen molar-refractivity contribution in [2.75, 3.05) is 31.6 Å². The fraction of sp³-hybridized carbons (Fsp3) is 0.407. The van der Waals surface area contributed by atoms with Crippen LogP contribution in [0.4, 0.5) is 10.5 Å². The van der Waals surface area contributed by atoms with Gasteiger partial charge in [-0.25, -0.2) is 9.78 Å². The lowest BCUT2D eigenvalue weighted by Crippen LogP contribution is -2.45. The lowest BCUT2D eigenvalue weighted by Gasteiger charge is -2.33. The largest absolute Gasteiger partial charge is 0.441 e. The van der Waals surface area contributed by atoms with Gasteiger partial charge >= 0.3 is 6.09 Å². The molecule has 3 aromatic rings. The average molecular weight is 507 g/mol. The minimum Gasteiger partial charge on any atom is -0.441 e. The number of anilines is 1. The van der Waals surface area contributed by atoms with Gasteiger partial charge in [0.15, 0.2) is 5.58 Å². The second kappa shape index (κ2) is 11.0. The van der Waals surface area contributed by atoms with Crippen molar-refractivity contribution in [3.63, 3.8) is 0 Å². The van der Waals surface area contributed by atoms with Crippen LogP contribution in [0.1, 0.15) is 37.8 Å². The predicted molar refractivity (Wildman–Crippen MR) is 136 cm³/mol. The molecule has 2 aromatic carbocycles. The number of ether oxygens (including phenoxy) is 2. The van der Waals surface area contributed by atoms with Crippen molar-refractivity contribution in [3.8, 4) is 17.5 Å². The number of aliphatic hydroxyl groups excluding tert-OH is 1. The van der Waals surface area contributed by atoms with E-state index in [4.69, 9.17) is 19.2 Å². The molecule has 0 radical (unpaired) electrons. The Morgan fingerprint density at radius 2 is 1.95 bits per heavy atom. The summed E-state index contributed by atoms with van der Waals surface area (Å²) in [4.78, 5) is 30.7. The highest BCUT2D eigenvalue weighted by molar-refractivity contribution is 5.92. The summed E-state index contributed by atoms with van der Waals surface area (Å²) in [6.45, 7) is 5.74. The summed E-state index contributed by atoms with van der Waals surface area (Å²) in [7, 11) is 0. The molecule has 0 bridgehead atoms. The Labute approximate surface area is 214 Å². The molecule has 1 aromatic heterocycles. The highest BCUT2D eigenvalue weighted by atomic mass is 16.6. The number of aromatic nitrogens is 1. The van der Waals surface area contributed by atoms with Crippen LogP contribution in [0.3, 0.4) is 0 Å². The highest BCUT2D eigenvalue weighted by Gasteiger charge is 2.29. The van der Waals surface area contributed by atoms with E-state index in [0.717, 1.165) is 11.1 Å². The van der Waals surface area contributed by atoms with Crippen LogP contribution in [0.5, 0.6) is 0 Å². The van der Waals surface area contributed by atoms with Crippen LogP contribution in [0, 0.1) is 18.3 Å². The van der Waals surface area contributed by atoms with Gasteiger partial charge in [0.05, 0.1) is 24.3 Å². The Balaban J connectivity index is 1.25. The first-order valence-electron chi connectivity index (χ1n) is 12.1. The molecule has 2 N–H and O–H groups in total. The summed E-state index contributed by atoms with van der Waals surface area (Å²) >= 11 is 0. The highest BCUT2D eigenvalue weighted by Crippen LogP contribution is 2.28. The van der Waals surface area contributed by atoms with E-state index in [-0.39, 0.29) is 25.2 Å². The summed E-state index contributed by atoms with van der Waals surface area (Å²) in [6.07, 6.45) is 0.596. The van der Waals surface area contributed by atoms with E-state index in [2.05, 4.69) is 16.4 Å². The number of aryl methyl sites for hydroxylation is 1. The Morgan fingerprint density at radius 1 is 1.24 bits per heavy atom. The van der Waals surface area contributed by atoms with E-state index in [1.807, 2.05) is 6.92 Å². The molecule has 37 heavy (non-hydrogen) atoms. The van der Waals surface area contributed by atoms with Gasteiger partial charge in [-0.2, -0.15) is 5.26 Å². The number of hydrogen-bond acceptors (Lipinski definition) is 8. The van der Waals surface area contributed by atoms with Crippen molar-refractivity contribution in [2.45, 2.75) is 45.3 Å². The van der Waals surface area contributed by atoms with Crippen molar-refractivity contribution in [1.29, 1.82) is 5.26 Å². The molecule has 10 nitrogen and oxygen atoms in total. The maximum atomic E-state index is 12.4. The number of aliphatic hydroxyl groups is 1. The van der Waals surface area contributed by atoms with E-state index >= 15 is 0 Å². The molecule has 1 aliphatic rings. The molecule has 1 aliphatic heterocycles. The minimum absolute atomic E-state index is 0.0972. The van der Waals surface area contributed by atoms with E-state index in [0.29, 0.717) is 54.2 Å². The molecule has 2 heterocycles. The van der Waals surface area contributed by atoms with Gasteiger partial charge in [0, 0.05) is 24.3 Å². The van der Waals surface area contributed by atoms with Crippen LogP contribution in [-0.4, -0.2) is 65.0 Å². The van der Waals surface area contributed by atoms with Gasteiger partial charge in [-0.3, -0.25) is 4.79 Å². The summed E-state index contributed by atoms with van der Waals surface area (Å²) in [6, 6.07) is 12.7. The predicted octanol–water partition coefficient (Wildman–Crippen LogP) is 4.00. The van der Waals surface area contributed by atoms with Crippen molar-refractivity contribution >= 4 is 28.8 Å². The molecule has 1 fully saturated rings. The van der Waals surface area contributed by atoms with E-state index in [9.17, 15) is 14.7 Å². The number of rotatable bonds is 7. The van der Waals surface area contributed by atoms with E-state index < -0.39 is 11.7 Å². The summed E-state index contributed by atoms with van der Waals surface area (Å²) in [5.41, 5.74) is 3.06. The normalized spacial score (nSPS) is 14.4. The number of fused-ring (bicyclic) bond motifs is 1. The van der Waals surface area contributed by atoms with E-state index in [1.165, 1.54) is 0 Å².